The Bertz CT molecular complexity index is 1150. The van der Waals surface area contributed by atoms with Crippen LogP contribution < -0.4 is 11.1 Å². The Morgan fingerprint density at radius 1 is 1.31 bits per heavy atom. The summed E-state index contributed by atoms with van der Waals surface area (Å²) >= 11 is 0. The fourth-order valence-electron chi connectivity index (χ4n) is 3.88. The molecular weight excluding hydrogens is 406 g/mol. The molecule has 4 rings (SSSR count). The van der Waals surface area contributed by atoms with Crippen LogP contribution in [0.3, 0.4) is 0 Å². The summed E-state index contributed by atoms with van der Waals surface area (Å²) in [6.45, 7) is 7.19. The lowest BCUT2D eigenvalue weighted by molar-refractivity contribution is 0.0789. The van der Waals surface area contributed by atoms with Crippen LogP contribution in [0.2, 0.25) is 0 Å². The van der Waals surface area contributed by atoms with E-state index in [1.807, 2.05) is 44.3 Å². The molecule has 3 aromatic rings. The van der Waals surface area contributed by atoms with Gasteiger partial charge in [0.25, 0.3) is 0 Å². The molecule has 0 aliphatic carbocycles. The van der Waals surface area contributed by atoms with Gasteiger partial charge in [0, 0.05) is 55.4 Å². The Morgan fingerprint density at radius 3 is 2.84 bits per heavy atom. The largest absolute Gasteiger partial charge is 0.489 e. The summed E-state index contributed by atoms with van der Waals surface area (Å²) < 4.78 is 13.5. The summed E-state index contributed by atoms with van der Waals surface area (Å²) in [5, 5.41) is 7.82. The van der Waals surface area contributed by atoms with Crippen molar-refractivity contribution in [2.75, 3.05) is 25.6 Å². The molecule has 2 atom stereocenters. The van der Waals surface area contributed by atoms with Crippen LogP contribution in [0, 0.1) is 19.8 Å². The average Bonchev–Trinajstić information content (AvgIpc) is 3.34. The molecule has 0 amide bonds. The lowest BCUT2D eigenvalue weighted by Gasteiger charge is -2.18. The van der Waals surface area contributed by atoms with Crippen molar-refractivity contribution >= 4 is 22.9 Å². The molecule has 3 N–H and O–H groups in total. The van der Waals surface area contributed by atoms with Gasteiger partial charge in [-0.25, -0.2) is 14.5 Å². The van der Waals surface area contributed by atoms with Gasteiger partial charge in [0.15, 0.2) is 11.6 Å². The van der Waals surface area contributed by atoms with Gasteiger partial charge in [0.1, 0.15) is 17.4 Å². The molecule has 1 fully saturated rings. The molecule has 0 radical (unpaired) electrons. The number of rotatable bonds is 7. The molecule has 1 saturated heterocycles. The minimum Gasteiger partial charge on any atom is -0.489 e. The van der Waals surface area contributed by atoms with Crippen LogP contribution in [0.4, 0.5) is 11.6 Å². The molecule has 0 spiro atoms. The Morgan fingerprint density at radius 2 is 2.16 bits per heavy atom. The summed E-state index contributed by atoms with van der Waals surface area (Å²) in [5.41, 5.74) is 9.29. The van der Waals surface area contributed by atoms with E-state index in [2.05, 4.69) is 32.3 Å². The zero-order valence-corrected chi connectivity index (χ0v) is 18.9. The van der Waals surface area contributed by atoms with Gasteiger partial charge in [-0.15, -0.1) is 0 Å². The summed E-state index contributed by atoms with van der Waals surface area (Å²) in [6.07, 6.45) is 4.53. The fourth-order valence-corrected chi connectivity index (χ4v) is 3.88. The van der Waals surface area contributed by atoms with Gasteiger partial charge in [0.2, 0.25) is 0 Å². The first kappa shape index (κ1) is 21.8. The number of fused-ring (bicyclic) bond motifs is 1. The topological polar surface area (TPSA) is 112 Å². The number of aryl methyl sites for hydroxylation is 2. The highest BCUT2D eigenvalue weighted by Crippen LogP contribution is 2.23. The number of anilines is 2. The first-order valence-corrected chi connectivity index (χ1v) is 10.7. The van der Waals surface area contributed by atoms with Gasteiger partial charge in [-0.05, 0) is 39.3 Å². The van der Waals surface area contributed by atoms with E-state index >= 15 is 0 Å². The van der Waals surface area contributed by atoms with Crippen LogP contribution in [-0.4, -0.2) is 51.7 Å². The molecule has 0 bridgehead atoms. The SMILES string of the molecule is CN=C(/C(=C/N)OC[C@@H]1CCO[C@@H]1C)c1ccn2nc(Nc3cc(C)nc(C)n3)cc2c1. The molecule has 1 aliphatic heterocycles. The second-order valence-electron chi connectivity index (χ2n) is 7.92. The Labute approximate surface area is 187 Å². The maximum Gasteiger partial charge on any atom is 0.160 e. The number of ether oxygens (including phenoxy) is 2. The Balaban J connectivity index is 1.53. The van der Waals surface area contributed by atoms with Crippen LogP contribution in [0.5, 0.6) is 0 Å². The second-order valence-corrected chi connectivity index (χ2v) is 7.92. The standard InChI is InChI=1S/C23H29N7O2/c1-14-9-21(27-16(3)26-14)28-22-11-19-10-17(5-7-30(19)29-22)23(25-4)20(12-24)32-13-18-6-8-31-15(18)2/h5,7,9-12,15,18H,6,8,13,24H2,1-4H3,(H,26,27,28,29)/b20-12-,25-23?/t15-,18+/m1/s1. The summed E-state index contributed by atoms with van der Waals surface area (Å²) in [7, 11) is 1.73. The number of aliphatic imine (C=N–C) groups is 1. The number of hydrogen-bond donors (Lipinski definition) is 2. The van der Waals surface area contributed by atoms with Crippen LogP contribution in [0.15, 0.2) is 47.4 Å². The minimum absolute atomic E-state index is 0.188. The summed E-state index contributed by atoms with van der Waals surface area (Å²) in [5.74, 6) is 3.02. The van der Waals surface area contributed by atoms with E-state index in [1.54, 1.807) is 11.6 Å². The molecule has 0 saturated carbocycles. The summed E-state index contributed by atoms with van der Waals surface area (Å²) in [6, 6.07) is 7.79. The van der Waals surface area contributed by atoms with Crippen LogP contribution in [-0.2, 0) is 9.47 Å². The zero-order valence-electron chi connectivity index (χ0n) is 18.9. The van der Waals surface area contributed by atoms with E-state index < -0.39 is 0 Å². The van der Waals surface area contributed by atoms with Crippen LogP contribution >= 0.6 is 0 Å². The first-order chi connectivity index (χ1) is 15.5. The van der Waals surface area contributed by atoms with Crippen molar-refractivity contribution in [3.05, 3.63) is 59.5 Å². The van der Waals surface area contributed by atoms with Crippen molar-refractivity contribution in [3.8, 4) is 0 Å². The lowest BCUT2D eigenvalue weighted by atomic mass is 10.0. The van der Waals surface area contributed by atoms with Crippen LogP contribution in [0.1, 0.15) is 30.4 Å². The van der Waals surface area contributed by atoms with Crippen LogP contribution in [0.25, 0.3) is 5.52 Å². The highest BCUT2D eigenvalue weighted by atomic mass is 16.5. The first-order valence-electron chi connectivity index (χ1n) is 10.7. The third-order valence-electron chi connectivity index (χ3n) is 5.55. The number of aromatic nitrogens is 4. The highest BCUT2D eigenvalue weighted by molar-refractivity contribution is 6.11. The third kappa shape index (κ3) is 4.72. The predicted molar refractivity (Wildman–Crippen MR) is 124 cm³/mol. The molecule has 9 heteroatoms. The molecule has 0 unspecified atom stereocenters. The number of nitrogens with two attached hydrogens (primary N) is 1. The van der Waals surface area contributed by atoms with E-state index in [4.69, 9.17) is 15.2 Å². The third-order valence-corrected chi connectivity index (χ3v) is 5.55. The lowest BCUT2D eigenvalue weighted by Crippen LogP contribution is -2.20. The second kappa shape index (κ2) is 9.35. The van der Waals surface area contributed by atoms with E-state index in [0.29, 0.717) is 41.5 Å². The maximum atomic E-state index is 6.05. The van der Waals surface area contributed by atoms with Crippen molar-refractivity contribution < 1.29 is 9.47 Å². The molecule has 0 aromatic carbocycles. The molecule has 1 aliphatic rings. The summed E-state index contributed by atoms with van der Waals surface area (Å²) in [4.78, 5) is 13.2. The zero-order chi connectivity index (χ0) is 22.7. The molecule has 4 heterocycles. The van der Waals surface area contributed by atoms with Gasteiger partial charge in [-0.1, -0.05) is 0 Å². The molecule has 3 aromatic heterocycles. The van der Waals surface area contributed by atoms with Gasteiger partial charge in [-0.2, -0.15) is 5.10 Å². The smallest absolute Gasteiger partial charge is 0.160 e. The molecule has 168 valence electrons. The van der Waals surface area contributed by atoms with Gasteiger partial charge in [-0.3, -0.25) is 4.99 Å². The van der Waals surface area contributed by atoms with Crippen molar-refractivity contribution in [2.24, 2.45) is 16.6 Å². The van der Waals surface area contributed by atoms with Crippen molar-refractivity contribution in [1.29, 1.82) is 0 Å². The van der Waals surface area contributed by atoms with Gasteiger partial charge >= 0.3 is 0 Å². The molecule has 9 nitrogen and oxygen atoms in total. The van der Waals surface area contributed by atoms with E-state index in [1.165, 1.54) is 6.20 Å². The van der Waals surface area contributed by atoms with Gasteiger partial charge < -0.3 is 20.5 Å². The minimum atomic E-state index is 0.188. The number of allylic oxidation sites excluding steroid dienone is 1. The fraction of sp³-hybridized carbons (Fsp3) is 0.391. The molecular formula is C23H29N7O2. The quantitative estimate of drug-likeness (QED) is 0.433. The van der Waals surface area contributed by atoms with E-state index in [9.17, 15) is 0 Å². The maximum absolute atomic E-state index is 6.05. The normalized spacial score (nSPS) is 19.5. The van der Waals surface area contributed by atoms with E-state index in [0.717, 1.165) is 29.8 Å². The number of pyridine rings is 1. The molecule has 32 heavy (non-hydrogen) atoms. The Hall–Kier alpha value is -3.46. The number of nitrogens with one attached hydrogen (secondary N) is 1. The monoisotopic (exact) mass is 435 g/mol. The van der Waals surface area contributed by atoms with Crippen molar-refractivity contribution in [2.45, 2.75) is 33.3 Å². The van der Waals surface area contributed by atoms with E-state index in [-0.39, 0.29) is 6.10 Å². The van der Waals surface area contributed by atoms with Crippen molar-refractivity contribution in [1.82, 2.24) is 19.6 Å². The average molecular weight is 436 g/mol. The number of nitrogens with zero attached hydrogens (tertiary/aromatic N) is 5. The number of hydrogen-bond acceptors (Lipinski definition) is 8. The highest BCUT2D eigenvalue weighted by Gasteiger charge is 2.25. The van der Waals surface area contributed by atoms with Crippen molar-refractivity contribution in [3.63, 3.8) is 0 Å². The van der Waals surface area contributed by atoms with Gasteiger partial charge in [0.05, 0.1) is 18.2 Å². The predicted octanol–water partition coefficient (Wildman–Crippen LogP) is 3.15. The Kier molecular flexibility index (Phi) is 6.36.